The monoisotopic (exact) mass is 292 g/mol. The van der Waals surface area contributed by atoms with Gasteiger partial charge in [-0.15, -0.1) is 0 Å². The first kappa shape index (κ1) is 14.6. The highest BCUT2D eigenvalue weighted by Crippen LogP contribution is 2.12. The molecule has 0 atom stereocenters. The highest BCUT2D eigenvalue weighted by Gasteiger charge is 2.10. The molecule has 0 bridgehead atoms. The van der Waals surface area contributed by atoms with E-state index in [2.05, 4.69) is 29.6 Å². The predicted octanol–water partition coefficient (Wildman–Crippen LogP) is 2.28. The van der Waals surface area contributed by atoms with Crippen molar-refractivity contribution in [3.8, 4) is 0 Å². The molecule has 0 saturated heterocycles. The SMILES string of the molecule is CCn1nc(C)c(CNC(=S)NCc2ccco2)c1C. The number of nitrogens with zero attached hydrogens (tertiary/aromatic N) is 2. The van der Waals surface area contributed by atoms with E-state index in [-0.39, 0.29) is 0 Å². The number of nitrogens with one attached hydrogen (secondary N) is 2. The molecule has 2 aromatic heterocycles. The second kappa shape index (κ2) is 6.56. The van der Waals surface area contributed by atoms with Crippen LogP contribution in [0.2, 0.25) is 0 Å². The van der Waals surface area contributed by atoms with Crippen LogP contribution >= 0.6 is 12.2 Å². The van der Waals surface area contributed by atoms with Gasteiger partial charge >= 0.3 is 0 Å². The molecule has 5 nitrogen and oxygen atoms in total. The fraction of sp³-hybridized carbons (Fsp3) is 0.429. The zero-order chi connectivity index (χ0) is 14.5. The molecule has 20 heavy (non-hydrogen) atoms. The summed E-state index contributed by atoms with van der Waals surface area (Å²) in [6.07, 6.45) is 1.65. The van der Waals surface area contributed by atoms with E-state index in [0.717, 1.165) is 18.0 Å². The molecule has 108 valence electrons. The molecule has 0 unspecified atom stereocenters. The third-order valence-electron chi connectivity index (χ3n) is 3.26. The molecular weight excluding hydrogens is 272 g/mol. The average molecular weight is 292 g/mol. The molecule has 2 N–H and O–H groups in total. The lowest BCUT2D eigenvalue weighted by atomic mass is 10.2. The van der Waals surface area contributed by atoms with Crippen LogP contribution in [-0.4, -0.2) is 14.9 Å². The smallest absolute Gasteiger partial charge is 0.166 e. The van der Waals surface area contributed by atoms with Gasteiger partial charge < -0.3 is 15.1 Å². The minimum Gasteiger partial charge on any atom is -0.467 e. The van der Waals surface area contributed by atoms with Crippen molar-refractivity contribution in [3.63, 3.8) is 0 Å². The highest BCUT2D eigenvalue weighted by atomic mass is 32.1. The van der Waals surface area contributed by atoms with E-state index in [0.29, 0.717) is 18.2 Å². The van der Waals surface area contributed by atoms with Crippen molar-refractivity contribution in [1.82, 2.24) is 20.4 Å². The molecule has 0 amide bonds. The van der Waals surface area contributed by atoms with E-state index in [4.69, 9.17) is 16.6 Å². The quantitative estimate of drug-likeness (QED) is 0.828. The Morgan fingerprint density at radius 1 is 1.35 bits per heavy atom. The van der Waals surface area contributed by atoms with E-state index in [1.54, 1.807) is 6.26 Å². The van der Waals surface area contributed by atoms with Crippen LogP contribution in [0.25, 0.3) is 0 Å². The standard InChI is InChI=1S/C14H20N4OS/c1-4-18-11(3)13(10(2)17-18)9-16-14(20)15-8-12-6-5-7-19-12/h5-7H,4,8-9H2,1-3H3,(H2,15,16,20). The molecule has 0 fully saturated rings. The Kier molecular flexibility index (Phi) is 4.79. The molecule has 2 rings (SSSR count). The zero-order valence-corrected chi connectivity index (χ0v) is 12.9. The summed E-state index contributed by atoms with van der Waals surface area (Å²) in [7, 11) is 0. The molecule has 0 aromatic carbocycles. The van der Waals surface area contributed by atoms with Crippen LogP contribution < -0.4 is 10.6 Å². The Hall–Kier alpha value is -1.82. The van der Waals surface area contributed by atoms with Crippen molar-refractivity contribution in [2.75, 3.05) is 0 Å². The Balaban J connectivity index is 1.85. The van der Waals surface area contributed by atoms with Crippen molar-refractivity contribution in [2.24, 2.45) is 0 Å². The molecule has 0 aliphatic heterocycles. The molecule has 0 aliphatic rings. The minimum atomic E-state index is 0.588. The van der Waals surface area contributed by atoms with Crippen LogP contribution in [0.5, 0.6) is 0 Å². The summed E-state index contributed by atoms with van der Waals surface area (Å²) in [5.74, 6) is 0.861. The Morgan fingerprint density at radius 2 is 2.10 bits per heavy atom. The fourth-order valence-electron chi connectivity index (χ4n) is 2.11. The van der Waals surface area contributed by atoms with E-state index in [1.807, 2.05) is 23.7 Å². The average Bonchev–Trinajstić information content (AvgIpc) is 3.03. The fourth-order valence-corrected chi connectivity index (χ4v) is 2.25. The Labute approximate surface area is 124 Å². The number of hydrogen-bond donors (Lipinski definition) is 2. The second-order valence-electron chi connectivity index (χ2n) is 4.58. The highest BCUT2D eigenvalue weighted by molar-refractivity contribution is 7.80. The van der Waals surface area contributed by atoms with Gasteiger partial charge in [-0.25, -0.2) is 0 Å². The molecule has 0 saturated carbocycles. The van der Waals surface area contributed by atoms with Gasteiger partial charge in [0.2, 0.25) is 0 Å². The molecule has 0 spiro atoms. The van der Waals surface area contributed by atoms with Gasteiger partial charge in [-0.2, -0.15) is 5.10 Å². The Morgan fingerprint density at radius 3 is 2.70 bits per heavy atom. The van der Waals surface area contributed by atoms with E-state index >= 15 is 0 Å². The van der Waals surface area contributed by atoms with Gasteiger partial charge in [0.25, 0.3) is 0 Å². The number of aromatic nitrogens is 2. The second-order valence-corrected chi connectivity index (χ2v) is 4.99. The normalized spacial score (nSPS) is 10.6. The van der Waals surface area contributed by atoms with Crippen LogP contribution in [0.1, 0.15) is 29.6 Å². The van der Waals surface area contributed by atoms with Crippen LogP contribution in [0, 0.1) is 13.8 Å². The topological polar surface area (TPSA) is 55.0 Å². The first-order chi connectivity index (χ1) is 9.61. The molecule has 6 heteroatoms. The number of aryl methyl sites for hydroxylation is 2. The van der Waals surface area contributed by atoms with Crippen molar-refractivity contribution >= 4 is 17.3 Å². The van der Waals surface area contributed by atoms with Gasteiger partial charge in [0.05, 0.1) is 18.5 Å². The summed E-state index contributed by atoms with van der Waals surface area (Å²) in [6.45, 7) is 8.35. The summed E-state index contributed by atoms with van der Waals surface area (Å²) < 4.78 is 7.25. The Bertz CT molecular complexity index is 574. The maximum atomic E-state index is 5.26. The van der Waals surface area contributed by atoms with Gasteiger partial charge in [0, 0.05) is 24.3 Å². The van der Waals surface area contributed by atoms with E-state index in [9.17, 15) is 0 Å². The summed E-state index contributed by atoms with van der Waals surface area (Å²) in [5.41, 5.74) is 3.44. The third kappa shape index (κ3) is 3.39. The maximum absolute atomic E-state index is 5.26. The number of thiocarbonyl (C=S) groups is 1. The minimum absolute atomic E-state index is 0.588. The van der Waals surface area contributed by atoms with Crippen LogP contribution in [0.3, 0.4) is 0 Å². The summed E-state index contributed by atoms with van der Waals surface area (Å²) in [4.78, 5) is 0. The lowest BCUT2D eigenvalue weighted by Gasteiger charge is -2.10. The summed E-state index contributed by atoms with van der Waals surface area (Å²) >= 11 is 5.26. The van der Waals surface area contributed by atoms with Crippen LogP contribution in [-0.2, 0) is 19.6 Å². The lowest BCUT2D eigenvalue weighted by Crippen LogP contribution is -2.34. The van der Waals surface area contributed by atoms with Gasteiger partial charge in [0.15, 0.2) is 5.11 Å². The molecule has 2 aromatic rings. The molecular formula is C14H20N4OS. The first-order valence-electron chi connectivity index (χ1n) is 6.68. The molecule has 0 aliphatic carbocycles. The van der Waals surface area contributed by atoms with E-state index in [1.165, 1.54) is 11.3 Å². The first-order valence-corrected chi connectivity index (χ1v) is 7.09. The van der Waals surface area contributed by atoms with Gasteiger partial charge in [-0.3, -0.25) is 4.68 Å². The third-order valence-corrected chi connectivity index (χ3v) is 3.55. The van der Waals surface area contributed by atoms with Crippen LogP contribution in [0.15, 0.2) is 22.8 Å². The summed E-state index contributed by atoms with van der Waals surface area (Å²) in [5, 5.41) is 11.4. The number of rotatable bonds is 5. The lowest BCUT2D eigenvalue weighted by molar-refractivity contribution is 0.502. The van der Waals surface area contributed by atoms with Gasteiger partial charge in [-0.05, 0) is 45.1 Å². The van der Waals surface area contributed by atoms with Gasteiger partial charge in [-0.1, -0.05) is 0 Å². The molecule has 0 radical (unpaired) electrons. The number of hydrogen-bond acceptors (Lipinski definition) is 3. The summed E-state index contributed by atoms with van der Waals surface area (Å²) in [6, 6.07) is 3.77. The van der Waals surface area contributed by atoms with Crippen molar-refractivity contribution in [3.05, 3.63) is 41.1 Å². The zero-order valence-electron chi connectivity index (χ0n) is 12.1. The van der Waals surface area contributed by atoms with Crippen molar-refractivity contribution < 1.29 is 4.42 Å². The van der Waals surface area contributed by atoms with Crippen molar-refractivity contribution in [1.29, 1.82) is 0 Å². The maximum Gasteiger partial charge on any atom is 0.166 e. The molecule has 2 heterocycles. The van der Waals surface area contributed by atoms with Crippen molar-refractivity contribution in [2.45, 2.75) is 40.4 Å². The predicted molar refractivity (Wildman–Crippen MR) is 82.4 cm³/mol. The van der Waals surface area contributed by atoms with Gasteiger partial charge in [0.1, 0.15) is 5.76 Å². The number of furan rings is 1. The van der Waals surface area contributed by atoms with E-state index < -0.39 is 0 Å². The largest absolute Gasteiger partial charge is 0.467 e. The van der Waals surface area contributed by atoms with Crippen LogP contribution in [0.4, 0.5) is 0 Å².